The monoisotopic (exact) mass is 624 g/mol. The van der Waals surface area contributed by atoms with Gasteiger partial charge in [-0.2, -0.15) is 0 Å². The summed E-state index contributed by atoms with van der Waals surface area (Å²) in [6, 6.07) is 0. The van der Waals surface area contributed by atoms with Crippen LogP contribution in [-0.4, -0.2) is 73.0 Å². The Balaban J connectivity index is -0.000000262. The molecule has 0 heterocycles. The van der Waals surface area contributed by atoms with E-state index in [1.165, 1.54) is 0 Å². The predicted octanol–water partition coefficient (Wildman–Crippen LogP) is 0.867. The van der Waals surface area contributed by atoms with Gasteiger partial charge < -0.3 is 43.9 Å². The second-order valence-electron chi connectivity index (χ2n) is 8.02. The first-order valence-electron chi connectivity index (χ1n) is 14.1. The standard InChI is InChI=1S/3C10H16O4.Al/c3*1-4-7(9(11)12)8(5-2)10(13)14-6-3;/h3*4-6H2,1-3H3,(H,11,12);/q;;;+3/p-3/b3*8-7+;. The Morgan fingerprint density at radius 1 is 0.372 bits per heavy atom. The van der Waals surface area contributed by atoms with Crippen molar-refractivity contribution in [1.29, 1.82) is 0 Å². The molecule has 13 heteroatoms. The number of carboxylic acid groups (broad SMARTS) is 3. The molecule has 0 bridgehead atoms. The average Bonchev–Trinajstić information content (AvgIpc) is 2.93. The van der Waals surface area contributed by atoms with Gasteiger partial charge in [0, 0.05) is 16.7 Å². The van der Waals surface area contributed by atoms with E-state index in [-0.39, 0.29) is 89.9 Å². The van der Waals surface area contributed by atoms with Crippen LogP contribution in [0.1, 0.15) is 101 Å². The fraction of sp³-hybridized carbons (Fsp3) is 0.600. The van der Waals surface area contributed by atoms with E-state index in [0.29, 0.717) is 19.3 Å². The fourth-order valence-corrected chi connectivity index (χ4v) is 3.54. The van der Waals surface area contributed by atoms with Gasteiger partial charge in [-0.3, -0.25) is 0 Å². The van der Waals surface area contributed by atoms with Crippen LogP contribution in [0.2, 0.25) is 0 Å². The van der Waals surface area contributed by atoms with Gasteiger partial charge in [-0.15, -0.1) is 0 Å². The predicted molar refractivity (Wildman–Crippen MR) is 153 cm³/mol. The summed E-state index contributed by atoms with van der Waals surface area (Å²) in [5, 5.41) is 32.0. The van der Waals surface area contributed by atoms with Gasteiger partial charge >= 0.3 is 35.3 Å². The zero-order valence-electron chi connectivity index (χ0n) is 26.8. The number of carboxylic acids is 3. The molecule has 0 rings (SSSR count). The van der Waals surface area contributed by atoms with E-state index in [9.17, 15) is 44.1 Å². The van der Waals surface area contributed by atoms with Crippen molar-refractivity contribution in [2.75, 3.05) is 19.8 Å². The van der Waals surface area contributed by atoms with Crippen LogP contribution in [0.15, 0.2) is 33.4 Å². The van der Waals surface area contributed by atoms with Crippen LogP contribution < -0.4 is 15.3 Å². The first-order chi connectivity index (χ1) is 19.7. The van der Waals surface area contributed by atoms with E-state index in [1.54, 1.807) is 62.3 Å². The van der Waals surface area contributed by atoms with Gasteiger partial charge in [0.05, 0.1) is 37.7 Å². The van der Waals surface area contributed by atoms with Crippen LogP contribution in [0.4, 0.5) is 0 Å². The van der Waals surface area contributed by atoms with Gasteiger partial charge in [0.15, 0.2) is 0 Å². The number of carbonyl (C=O) groups excluding carboxylic acids is 6. The van der Waals surface area contributed by atoms with Crippen molar-refractivity contribution in [2.24, 2.45) is 0 Å². The van der Waals surface area contributed by atoms with Crippen LogP contribution >= 0.6 is 0 Å². The molecule has 0 saturated carbocycles. The smallest absolute Gasteiger partial charge is 0.545 e. The van der Waals surface area contributed by atoms with Gasteiger partial charge in [0.1, 0.15) is 0 Å². The van der Waals surface area contributed by atoms with E-state index in [2.05, 4.69) is 0 Å². The Bertz CT molecular complexity index is 894. The number of ether oxygens (including phenoxy) is 3. The van der Waals surface area contributed by atoms with Gasteiger partial charge in [-0.05, 0) is 76.0 Å². The van der Waals surface area contributed by atoms with E-state index in [4.69, 9.17) is 14.2 Å². The molecule has 12 nitrogen and oxygen atoms in total. The third-order valence-corrected chi connectivity index (χ3v) is 5.52. The Kier molecular flexibility index (Phi) is 29.7. The molecule has 0 aromatic carbocycles. The summed E-state index contributed by atoms with van der Waals surface area (Å²) in [5.41, 5.74) is 0.709. The van der Waals surface area contributed by atoms with Gasteiger partial charge in [-0.1, -0.05) is 41.5 Å². The minimum atomic E-state index is -1.29. The molecule has 43 heavy (non-hydrogen) atoms. The van der Waals surface area contributed by atoms with Crippen molar-refractivity contribution in [2.45, 2.75) is 101 Å². The molecule has 240 valence electrons. The minimum absolute atomic E-state index is 0. The van der Waals surface area contributed by atoms with E-state index in [1.807, 2.05) is 0 Å². The zero-order chi connectivity index (χ0) is 33.4. The molecule has 0 radical (unpaired) electrons. The van der Waals surface area contributed by atoms with E-state index in [0.717, 1.165) is 0 Å². The molecule has 0 atom stereocenters. The summed E-state index contributed by atoms with van der Waals surface area (Å²) in [5.74, 6) is -5.56. The molecule has 0 amide bonds. The number of esters is 3. The maximum atomic E-state index is 11.3. The normalized spacial score (nSPS) is 11.7. The third-order valence-electron chi connectivity index (χ3n) is 5.52. The topological polar surface area (TPSA) is 199 Å². The molecule has 0 unspecified atom stereocenters. The maximum absolute atomic E-state index is 11.3. The Labute approximate surface area is 265 Å². The first-order valence-corrected chi connectivity index (χ1v) is 14.1. The maximum Gasteiger partial charge on any atom is 3.00 e. The molecule has 0 fully saturated rings. The minimum Gasteiger partial charge on any atom is -0.545 e. The summed E-state index contributed by atoms with van der Waals surface area (Å²) in [7, 11) is 0. The number of rotatable bonds is 15. The van der Waals surface area contributed by atoms with Crippen LogP contribution in [0, 0.1) is 0 Å². The zero-order valence-corrected chi connectivity index (χ0v) is 28.0. The summed E-state index contributed by atoms with van der Waals surface area (Å²) in [6.45, 7) is 15.9. The fourth-order valence-electron chi connectivity index (χ4n) is 3.54. The van der Waals surface area contributed by atoms with E-state index >= 15 is 0 Å². The van der Waals surface area contributed by atoms with Crippen molar-refractivity contribution < 1.29 is 58.3 Å². The molecular weight excluding hydrogens is 579 g/mol. The number of carbonyl (C=O) groups is 6. The molecule has 0 saturated heterocycles. The molecule has 0 aliphatic heterocycles. The van der Waals surface area contributed by atoms with E-state index < -0.39 is 35.8 Å². The second-order valence-corrected chi connectivity index (χ2v) is 8.02. The Morgan fingerprint density at radius 3 is 0.628 bits per heavy atom. The third kappa shape index (κ3) is 18.0. The molecular formula is C30H45AlO12. The van der Waals surface area contributed by atoms with Gasteiger partial charge in [0.2, 0.25) is 0 Å². The summed E-state index contributed by atoms with van der Waals surface area (Å²) in [4.78, 5) is 65.9. The largest absolute Gasteiger partial charge is 3.00 e. The Hall–Kier alpha value is -3.43. The molecule has 0 spiro atoms. The average molecular weight is 625 g/mol. The summed E-state index contributed by atoms with van der Waals surface area (Å²) in [6.07, 6.45) is 1.83. The molecule has 0 aromatic rings. The number of hydrogen-bond donors (Lipinski definition) is 0. The second kappa shape index (κ2) is 27.4. The quantitative estimate of drug-likeness (QED) is 0.108. The molecule has 0 aliphatic carbocycles. The van der Waals surface area contributed by atoms with Crippen molar-refractivity contribution in [1.82, 2.24) is 0 Å². The van der Waals surface area contributed by atoms with Crippen LogP contribution in [0.5, 0.6) is 0 Å². The van der Waals surface area contributed by atoms with Crippen LogP contribution in [-0.2, 0) is 43.0 Å². The van der Waals surface area contributed by atoms with Crippen molar-refractivity contribution in [3.8, 4) is 0 Å². The summed E-state index contributed by atoms with van der Waals surface area (Å²) >= 11 is 0. The SMILES string of the molecule is CCOC(=O)/C(CC)=C(\CC)C(=O)[O-].CCOC(=O)/C(CC)=C(\CC)C(=O)[O-].CCOC(=O)/C(CC)=C(\CC)C(=O)[O-].[Al+3]. The molecule has 0 aliphatic rings. The first kappa shape index (κ1) is 46.5. The van der Waals surface area contributed by atoms with Crippen LogP contribution in [0.25, 0.3) is 0 Å². The van der Waals surface area contributed by atoms with Gasteiger partial charge in [0.25, 0.3) is 0 Å². The van der Waals surface area contributed by atoms with Crippen molar-refractivity contribution in [3.63, 3.8) is 0 Å². The Morgan fingerprint density at radius 2 is 0.535 bits per heavy atom. The number of aliphatic carboxylic acids is 3. The summed E-state index contributed by atoms with van der Waals surface area (Å²) < 4.78 is 14.2. The molecule has 0 aromatic heterocycles. The van der Waals surface area contributed by atoms with Crippen molar-refractivity contribution >= 4 is 53.2 Å². The van der Waals surface area contributed by atoms with Crippen LogP contribution in [0.3, 0.4) is 0 Å². The number of hydrogen-bond acceptors (Lipinski definition) is 12. The molecule has 0 N–H and O–H groups in total. The van der Waals surface area contributed by atoms with Gasteiger partial charge in [-0.25, -0.2) is 14.4 Å². The van der Waals surface area contributed by atoms with Crippen molar-refractivity contribution in [3.05, 3.63) is 33.4 Å².